The summed E-state index contributed by atoms with van der Waals surface area (Å²) in [5.41, 5.74) is 6.98. The molecule has 1 aromatic rings. The summed E-state index contributed by atoms with van der Waals surface area (Å²) < 4.78 is 0. The Labute approximate surface area is 102 Å². The molecule has 0 bridgehead atoms. The Bertz CT molecular complexity index is 386. The van der Waals surface area contributed by atoms with Crippen LogP contribution in [0.5, 0.6) is 0 Å². The number of rotatable bonds is 2. The molecule has 0 spiro atoms. The Hall–Kier alpha value is -1.51. The number of carbonyl (C=O) groups excluding carboxylic acids is 1. The molecule has 1 amide bonds. The summed E-state index contributed by atoms with van der Waals surface area (Å²) in [6.07, 6.45) is 4.70. The quantitative estimate of drug-likeness (QED) is 0.770. The highest BCUT2D eigenvalue weighted by Crippen LogP contribution is 2.23. The lowest BCUT2D eigenvalue weighted by Crippen LogP contribution is -2.37. The van der Waals surface area contributed by atoms with Crippen molar-refractivity contribution in [3.63, 3.8) is 0 Å². The maximum atomic E-state index is 12.0. The van der Waals surface area contributed by atoms with E-state index in [2.05, 4.69) is 12.2 Å². The molecule has 1 fully saturated rings. The first kappa shape index (κ1) is 12.0. The molecule has 92 valence electrons. The Balaban J connectivity index is 1.94. The third-order valence-electron chi connectivity index (χ3n) is 3.44. The summed E-state index contributed by atoms with van der Waals surface area (Å²) in [4.78, 5) is 12.0. The minimum Gasteiger partial charge on any atom is -0.399 e. The number of hydrogen-bond donors (Lipinski definition) is 2. The molecule has 2 unspecified atom stereocenters. The second-order valence-electron chi connectivity index (χ2n) is 5.06. The van der Waals surface area contributed by atoms with E-state index in [-0.39, 0.29) is 5.91 Å². The van der Waals surface area contributed by atoms with Gasteiger partial charge in [-0.1, -0.05) is 19.8 Å². The molecule has 0 heterocycles. The zero-order valence-electron chi connectivity index (χ0n) is 10.3. The van der Waals surface area contributed by atoms with Crippen LogP contribution >= 0.6 is 0 Å². The van der Waals surface area contributed by atoms with Gasteiger partial charge in [0.25, 0.3) is 5.91 Å². The van der Waals surface area contributed by atoms with Crippen LogP contribution in [-0.2, 0) is 0 Å². The van der Waals surface area contributed by atoms with Crippen molar-refractivity contribution in [1.29, 1.82) is 0 Å². The molecular weight excluding hydrogens is 212 g/mol. The summed E-state index contributed by atoms with van der Waals surface area (Å²) in [6.45, 7) is 2.25. The molecule has 0 saturated heterocycles. The summed E-state index contributed by atoms with van der Waals surface area (Å²) in [5.74, 6) is 0.740. The fraction of sp³-hybridized carbons (Fsp3) is 0.500. The van der Waals surface area contributed by atoms with Crippen molar-refractivity contribution in [1.82, 2.24) is 5.32 Å². The van der Waals surface area contributed by atoms with Crippen LogP contribution in [0.15, 0.2) is 24.3 Å². The number of amides is 1. The number of nitrogen functional groups attached to an aromatic ring is 1. The fourth-order valence-corrected chi connectivity index (χ4v) is 2.47. The number of hydrogen-bond acceptors (Lipinski definition) is 2. The highest BCUT2D eigenvalue weighted by Gasteiger charge is 2.20. The molecule has 0 aromatic heterocycles. The van der Waals surface area contributed by atoms with Crippen molar-refractivity contribution in [2.24, 2.45) is 5.92 Å². The summed E-state index contributed by atoms with van der Waals surface area (Å²) >= 11 is 0. The first-order valence-corrected chi connectivity index (χ1v) is 6.31. The van der Waals surface area contributed by atoms with E-state index < -0.39 is 0 Å². The number of anilines is 1. The lowest BCUT2D eigenvalue weighted by molar-refractivity contribution is 0.0921. The Morgan fingerprint density at radius 1 is 1.29 bits per heavy atom. The van der Waals surface area contributed by atoms with Crippen LogP contribution in [-0.4, -0.2) is 11.9 Å². The van der Waals surface area contributed by atoms with Gasteiger partial charge in [0.2, 0.25) is 0 Å². The third-order valence-corrected chi connectivity index (χ3v) is 3.44. The number of benzene rings is 1. The van der Waals surface area contributed by atoms with Crippen molar-refractivity contribution < 1.29 is 4.79 Å². The highest BCUT2D eigenvalue weighted by atomic mass is 16.1. The Morgan fingerprint density at radius 2 is 2.00 bits per heavy atom. The molecule has 1 saturated carbocycles. The molecule has 3 nitrogen and oxygen atoms in total. The van der Waals surface area contributed by atoms with E-state index in [4.69, 9.17) is 5.73 Å². The summed E-state index contributed by atoms with van der Waals surface area (Å²) in [5, 5.41) is 3.11. The van der Waals surface area contributed by atoms with Gasteiger partial charge in [0.05, 0.1) is 0 Å². The van der Waals surface area contributed by atoms with Crippen molar-refractivity contribution in [2.75, 3.05) is 5.73 Å². The van der Waals surface area contributed by atoms with Gasteiger partial charge in [-0.05, 0) is 43.0 Å². The molecule has 0 aliphatic heterocycles. The zero-order chi connectivity index (χ0) is 12.3. The number of nitrogens with two attached hydrogens (primary N) is 1. The van der Waals surface area contributed by atoms with Gasteiger partial charge in [-0.25, -0.2) is 0 Å². The average Bonchev–Trinajstić information content (AvgIpc) is 2.29. The Kier molecular flexibility index (Phi) is 3.67. The van der Waals surface area contributed by atoms with Crippen molar-refractivity contribution in [3.05, 3.63) is 29.8 Å². The minimum atomic E-state index is 0.0177. The van der Waals surface area contributed by atoms with Crippen LogP contribution in [0.3, 0.4) is 0 Å². The van der Waals surface area contributed by atoms with E-state index in [0.717, 1.165) is 18.8 Å². The Morgan fingerprint density at radius 3 is 2.65 bits per heavy atom. The van der Waals surface area contributed by atoms with E-state index in [1.54, 1.807) is 24.3 Å². The largest absolute Gasteiger partial charge is 0.399 e. The van der Waals surface area contributed by atoms with Gasteiger partial charge in [0.15, 0.2) is 0 Å². The second kappa shape index (κ2) is 5.21. The molecule has 0 radical (unpaired) electrons. The van der Waals surface area contributed by atoms with Gasteiger partial charge in [-0.3, -0.25) is 4.79 Å². The first-order valence-electron chi connectivity index (χ1n) is 6.31. The average molecular weight is 232 g/mol. The van der Waals surface area contributed by atoms with Gasteiger partial charge in [0, 0.05) is 17.3 Å². The predicted molar refractivity (Wildman–Crippen MR) is 69.7 cm³/mol. The molecule has 2 atom stereocenters. The lowest BCUT2D eigenvalue weighted by Gasteiger charge is -2.27. The van der Waals surface area contributed by atoms with E-state index in [1.165, 1.54) is 12.8 Å². The predicted octanol–water partition coefficient (Wildman–Crippen LogP) is 2.58. The summed E-state index contributed by atoms with van der Waals surface area (Å²) in [6, 6.07) is 7.41. The van der Waals surface area contributed by atoms with Crippen LogP contribution < -0.4 is 11.1 Å². The standard InChI is InChI=1S/C14H20N2O/c1-10-3-2-4-13(9-10)16-14(17)11-5-7-12(15)8-6-11/h5-8,10,13H,2-4,9,15H2,1H3,(H,16,17). The third kappa shape index (κ3) is 3.22. The normalized spacial score (nSPS) is 24.3. The van der Waals surface area contributed by atoms with E-state index >= 15 is 0 Å². The van der Waals surface area contributed by atoms with Gasteiger partial charge >= 0.3 is 0 Å². The zero-order valence-corrected chi connectivity index (χ0v) is 10.3. The number of carbonyl (C=O) groups is 1. The van der Waals surface area contributed by atoms with Crippen LogP contribution in [0.25, 0.3) is 0 Å². The van der Waals surface area contributed by atoms with E-state index in [0.29, 0.717) is 17.3 Å². The lowest BCUT2D eigenvalue weighted by atomic mass is 9.87. The molecule has 1 aliphatic carbocycles. The maximum Gasteiger partial charge on any atom is 0.251 e. The van der Waals surface area contributed by atoms with Crippen molar-refractivity contribution in [2.45, 2.75) is 38.6 Å². The molecule has 3 N–H and O–H groups in total. The molecular formula is C14H20N2O. The van der Waals surface area contributed by atoms with Gasteiger partial charge in [0.1, 0.15) is 0 Å². The molecule has 1 aromatic carbocycles. The van der Waals surface area contributed by atoms with Gasteiger partial charge < -0.3 is 11.1 Å². The van der Waals surface area contributed by atoms with Gasteiger partial charge in [-0.15, -0.1) is 0 Å². The fourth-order valence-electron chi connectivity index (χ4n) is 2.47. The monoisotopic (exact) mass is 232 g/mol. The van der Waals surface area contributed by atoms with Crippen molar-refractivity contribution in [3.8, 4) is 0 Å². The van der Waals surface area contributed by atoms with Crippen LogP contribution in [0, 0.1) is 5.92 Å². The highest BCUT2D eigenvalue weighted by molar-refractivity contribution is 5.94. The van der Waals surface area contributed by atoms with Crippen molar-refractivity contribution >= 4 is 11.6 Å². The smallest absolute Gasteiger partial charge is 0.251 e. The molecule has 1 aliphatic rings. The first-order chi connectivity index (χ1) is 8.15. The minimum absolute atomic E-state index is 0.0177. The van der Waals surface area contributed by atoms with E-state index in [9.17, 15) is 4.79 Å². The van der Waals surface area contributed by atoms with Crippen LogP contribution in [0.4, 0.5) is 5.69 Å². The number of nitrogens with one attached hydrogen (secondary N) is 1. The second-order valence-corrected chi connectivity index (χ2v) is 5.06. The van der Waals surface area contributed by atoms with E-state index in [1.807, 2.05) is 0 Å². The summed E-state index contributed by atoms with van der Waals surface area (Å²) in [7, 11) is 0. The maximum absolute atomic E-state index is 12.0. The SMILES string of the molecule is CC1CCCC(NC(=O)c2ccc(N)cc2)C1. The molecule has 3 heteroatoms. The molecule has 17 heavy (non-hydrogen) atoms. The van der Waals surface area contributed by atoms with Crippen LogP contribution in [0.1, 0.15) is 43.0 Å². The topological polar surface area (TPSA) is 55.1 Å². The molecule has 2 rings (SSSR count). The van der Waals surface area contributed by atoms with Crippen LogP contribution in [0.2, 0.25) is 0 Å². The van der Waals surface area contributed by atoms with Gasteiger partial charge in [-0.2, -0.15) is 0 Å².